The number of hydrogen-bond acceptors (Lipinski definition) is 21. The number of unbranched alkanes of at least 4 members (excludes halogenated alkanes) is 5. The van der Waals surface area contributed by atoms with E-state index in [0.717, 1.165) is 54.7 Å². The van der Waals surface area contributed by atoms with Crippen molar-refractivity contribution in [1.82, 2.24) is 47.0 Å². The van der Waals surface area contributed by atoms with E-state index < -0.39 is 196 Å². The number of Topliss-reactive ketones (excluding diaryl/α,β-unsaturated/α-hetero) is 2. The molecule has 0 bridgehead atoms. The molecule has 4 rings (SSSR count). The van der Waals surface area contributed by atoms with Gasteiger partial charge in [0.2, 0.25) is 47.8 Å². The molecule has 1 aromatic carbocycles. The molecule has 29 heteroatoms. The average molecular weight is 1360 g/mol. The van der Waals surface area contributed by atoms with Crippen LogP contribution < -0.4 is 43.0 Å². The first-order valence-corrected chi connectivity index (χ1v) is 35.3. The van der Waals surface area contributed by atoms with Crippen LogP contribution in [0.2, 0.25) is 0 Å². The van der Waals surface area contributed by atoms with E-state index in [4.69, 9.17) is 5.73 Å². The number of carbonyl (C=O) groups excluding carboxylic acids is 10. The topological polar surface area (TPSA) is 449 Å². The van der Waals surface area contributed by atoms with Gasteiger partial charge in [-0.05, 0) is 99.3 Å². The number of thioether (sulfide) groups is 1. The number of hydrogen-bond donors (Lipinski definition) is 16. The minimum absolute atomic E-state index is 0.0538. The highest BCUT2D eigenvalue weighted by Gasteiger charge is 2.49. The number of amides is 8. The third-order valence-electron chi connectivity index (χ3n) is 18.3. The van der Waals surface area contributed by atoms with Crippen molar-refractivity contribution < 1.29 is 88.8 Å². The first-order chi connectivity index (χ1) is 45.1. The predicted octanol–water partition coefficient (Wildman–Crippen LogP) is -0.575. The molecule has 0 spiro atoms. The molecule has 0 aliphatic carbocycles. The lowest BCUT2D eigenvalue weighted by Gasteiger charge is -2.35. The molecule has 95 heavy (non-hydrogen) atoms. The Morgan fingerprint density at radius 3 is 2.03 bits per heavy atom. The number of phenolic OH excluding ortho intramolecular Hbond substituents is 1. The fourth-order valence-electron chi connectivity index (χ4n) is 12.7. The van der Waals surface area contributed by atoms with Crippen molar-refractivity contribution in [2.24, 2.45) is 35.3 Å². The molecule has 17 N–H and O–H groups in total. The molecule has 3 heterocycles. The first kappa shape index (κ1) is 81.5. The van der Waals surface area contributed by atoms with Crippen LogP contribution in [-0.4, -0.2) is 234 Å². The molecule has 3 aliphatic rings. The number of nitrogens with one attached hydrogen (secondary N) is 7. The maximum Gasteiger partial charge on any atom is 0.248 e. The van der Waals surface area contributed by atoms with Gasteiger partial charge < -0.3 is 88.3 Å². The second kappa shape index (κ2) is 41.4. The van der Waals surface area contributed by atoms with Crippen LogP contribution in [0.5, 0.6) is 5.75 Å². The monoisotopic (exact) mass is 1360 g/mol. The summed E-state index contributed by atoms with van der Waals surface area (Å²) < 4.78 is 0. The van der Waals surface area contributed by atoms with Crippen LogP contribution in [-0.2, 0) is 47.9 Å². The predicted molar refractivity (Wildman–Crippen MR) is 354 cm³/mol. The second-order valence-corrected chi connectivity index (χ2v) is 27.7. The average Bonchev–Trinajstić information content (AvgIpc) is 1.73. The number of rotatable bonds is 35. The van der Waals surface area contributed by atoms with Crippen LogP contribution in [0.25, 0.3) is 0 Å². The molecule has 8 amide bonds. The van der Waals surface area contributed by atoms with Crippen molar-refractivity contribution in [2.75, 3.05) is 44.7 Å². The molecule has 3 saturated heterocycles. The summed E-state index contributed by atoms with van der Waals surface area (Å²) in [5.41, 5.74) is 5.80. The van der Waals surface area contributed by atoms with Crippen molar-refractivity contribution >= 4 is 71.1 Å². The fraction of sp³-hybridized carbons (Fsp3) is 0.758. The summed E-state index contributed by atoms with van der Waals surface area (Å²) in [6, 6.07) is -4.88. The molecule has 1 aromatic rings. The Bertz CT molecular complexity index is 2630. The van der Waals surface area contributed by atoms with E-state index in [1.54, 1.807) is 13.8 Å². The third kappa shape index (κ3) is 25.8. The number of nitrogens with zero attached hydrogens (tertiary/aromatic N) is 2. The Labute approximate surface area is 562 Å². The van der Waals surface area contributed by atoms with Crippen molar-refractivity contribution in [3.63, 3.8) is 0 Å². The van der Waals surface area contributed by atoms with E-state index in [0.29, 0.717) is 30.4 Å². The lowest BCUT2D eigenvalue weighted by Crippen LogP contribution is -2.63. The number of aliphatic hydroxyl groups excluding tert-OH is 7. The van der Waals surface area contributed by atoms with Crippen LogP contribution in [0.1, 0.15) is 169 Å². The smallest absolute Gasteiger partial charge is 0.248 e. The normalized spacial score (nSPS) is 26.1. The molecule has 0 radical (unpaired) electrons. The largest absolute Gasteiger partial charge is 0.508 e. The Balaban J connectivity index is 1.79. The van der Waals surface area contributed by atoms with Gasteiger partial charge >= 0.3 is 0 Å². The number of aliphatic hydroxyl groups is 7. The van der Waals surface area contributed by atoms with Crippen LogP contribution in [0.3, 0.4) is 0 Å². The van der Waals surface area contributed by atoms with E-state index in [1.165, 1.54) is 49.4 Å². The van der Waals surface area contributed by atoms with Gasteiger partial charge in [-0.15, -0.1) is 0 Å². The van der Waals surface area contributed by atoms with Crippen molar-refractivity contribution in [1.29, 1.82) is 0 Å². The molecular weight excluding hydrogens is 1250 g/mol. The van der Waals surface area contributed by atoms with E-state index in [2.05, 4.69) is 58.0 Å². The highest BCUT2D eigenvalue weighted by Crippen LogP contribution is 2.31. The summed E-state index contributed by atoms with van der Waals surface area (Å²) in [6.45, 7) is 9.98. The van der Waals surface area contributed by atoms with Gasteiger partial charge in [-0.3, -0.25) is 53.3 Å². The first-order valence-electron chi connectivity index (χ1n) is 33.9. The fourth-order valence-corrected chi connectivity index (χ4v) is 13.1. The number of fused-ring (bicyclic) bond motifs is 2. The lowest BCUT2D eigenvalue weighted by atomic mass is 9.86. The van der Waals surface area contributed by atoms with Crippen LogP contribution in [0.15, 0.2) is 24.3 Å². The van der Waals surface area contributed by atoms with Gasteiger partial charge in [0.1, 0.15) is 54.0 Å². The number of aromatic hydroxyl groups is 1. The lowest BCUT2D eigenvalue weighted by molar-refractivity contribution is -0.149. The maximum absolute atomic E-state index is 15.2. The SMILES string of the molecule is CC[C@H](C)C[C@H](C)CCCCCCCCC(=O)C[C@H]1C[C@@H](O)[C@@H](NCCN)NC(=O)[C@@H]2[C@@H](O)CCN2C(=O)[C@H]([C@H](O)CCNC(=O)[C@H](CC(C)C)NC(=O)[C@H](CCSC)NC=O)NC(=O)[C@H]([C@H](O)[C@@H](O)c2ccc(O)cc2)CC(=O)[C@@H]2C[C@@H](O)CN2C(=O)[C@H]([C@@H](C)O)NC1=O. The molecule has 538 valence electrons. The summed E-state index contributed by atoms with van der Waals surface area (Å²) in [5, 5.41) is 110. The summed E-state index contributed by atoms with van der Waals surface area (Å²) in [5.74, 6) is -10.7. The molecule has 0 aromatic heterocycles. The van der Waals surface area contributed by atoms with Gasteiger partial charge in [0.05, 0.1) is 48.6 Å². The highest BCUT2D eigenvalue weighted by molar-refractivity contribution is 7.98. The molecule has 0 unspecified atom stereocenters. The van der Waals surface area contributed by atoms with Gasteiger partial charge in [-0.2, -0.15) is 11.8 Å². The molecule has 28 nitrogen and oxygen atoms in total. The number of ketones is 2. The molecule has 18 atom stereocenters. The zero-order chi connectivity index (χ0) is 70.6. The molecule has 0 saturated carbocycles. The number of nitrogens with two attached hydrogens (primary N) is 1. The van der Waals surface area contributed by atoms with Gasteiger partial charge in [0, 0.05) is 64.3 Å². The van der Waals surface area contributed by atoms with E-state index >= 15 is 9.59 Å². The van der Waals surface area contributed by atoms with Crippen LogP contribution in [0.4, 0.5) is 0 Å². The van der Waals surface area contributed by atoms with E-state index in [1.807, 2.05) is 6.26 Å². The molecular formula is C66H110N10O18S. The standard InChI is InChI=1S/C66H110N10O18S/c1-8-38(4)30-39(5)15-13-11-9-10-12-14-16-44(80)31-42-32-53(85)59(68-26-24-67)74-64(92)56-51(83)22-27-75(56)66(94)55(50(82)21-25-69-62(90)48(29-37(2)3)71-63(91)47(70-36-77)23-28-95-7)73-61(89)46(58(87)57(86)41-17-19-43(79)20-18-41)34-52(84)49-33-45(81)35-76(49)65(93)54(40(6)78)72-60(42)88/h17-20,36-40,42,45-51,53-59,68,78-79,81-83,85-87H,8-16,21-35,67H2,1-7H3,(H,69,90)(H,70,77)(H,71,91)(H,72,88)(H,73,89)(H,74,92)/t38-,39+,40+,42-,45+,46-,47-,48-,49-,50+,51-,53+,54-,55-,56-,57-,58-,59-/m0/s1. The van der Waals surface area contributed by atoms with Gasteiger partial charge in [0.25, 0.3) is 0 Å². The Kier molecular flexibility index (Phi) is 35.5. The Morgan fingerprint density at radius 1 is 0.747 bits per heavy atom. The second-order valence-electron chi connectivity index (χ2n) is 26.7. The zero-order valence-corrected chi connectivity index (χ0v) is 57.2. The Morgan fingerprint density at radius 2 is 1.40 bits per heavy atom. The van der Waals surface area contributed by atoms with Crippen LogP contribution >= 0.6 is 11.8 Å². The van der Waals surface area contributed by atoms with Gasteiger partial charge in [0.15, 0.2) is 5.78 Å². The quantitative estimate of drug-likeness (QED) is 0.0299. The minimum Gasteiger partial charge on any atom is -0.508 e. The molecule has 3 aliphatic heterocycles. The highest BCUT2D eigenvalue weighted by atomic mass is 32.2. The van der Waals surface area contributed by atoms with Gasteiger partial charge in [-0.25, -0.2) is 0 Å². The van der Waals surface area contributed by atoms with Crippen molar-refractivity contribution in [2.45, 2.75) is 242 Å². The Hall–Kier alpha value is -5.89. The zero-order valence-electron chi connectivity index (χ0n) is 56.4. The van der Waals surface area contributed by atoms with Crippen molar-refractivity contribution in [3.05, 3.63) is 29.8 Å². The van der Waals surface area contributed by atoms with Crippen molar-refractivity contribution in [3.8, 4) is 5.75 Å². The number of benzene rings is 1. The summed E-state index contributed by atoms with van der Waals surface area (Å²) in [7, 11) is 0. The van der Waals surface area contributed by atoms with E-state index in [9.17, 15) is 79.2 Å². The van der Waals surface area contributed by atoms with E-state index in [-0.39, 0.29) is 61.8 Å². The summed E-state index contributed by atoms with van der Waals surface area (Å²) >= 11 is 1.43. The number of phenols is 1. The third-order valence-corrected chi connectivity index (χ3v) is 19.0. The minimum atomic E-state index is -2.27. The number of carbonyl (C=O) groups is 10. The molecule has 3 fully saturated rings. The summed E-state index contributed by atoms with van der Waals surface area (Å²) in [6.07, 6.45) is -6.48. The maximum atomic E-state index is 15.2. The van der Waals surface area contributed by atoms with Crippen LogP contribution in [0, 0.1) is 29.6 Å². The summed E-state index contributed by atoms with van der Waals surface area (Å²) in [4.78, 5) is 144. The van der Waals surface area contributed by atoms with Gasteiger partial charge in [-0.1, -0.05) is 91.7 Å².